The lowest BCUT2D eigenvalue weighted by Gasteiger charge is -2.16. The van der Waals surface area contributed by atoms with Gasteiger partial charge in [-0.2, -0.15) is 0 Å². The van der Waals surface area contributed by atoms with Gasteiger partial charge in [0.15, 0.2) is 5.69 Å². The van der Waals surface area contributed by atoms with Crippen LogP contribution in [0.5, 0.6) is 0 Å². The SMILES string of the molecule is CC(NC(=O)c1ccccc1NC(=O)c1cn(-c2ccccc2)nn1)c1ccccc1. The van der Waals surface area contributed by atoms with Gasteiger partial charge in [0.25, 0.3) is 11.8 Å². The van der Waals surface area contributed by atoms with E-state index in [0.29, 0.717) is 11.3 Å². The summed E-state index contributed by atoms with van der Waals surface area (Å²) in [7, 11) is 0. The number of nitrogens with zero attached hydrogens (tertiary/aromatic N) is 3. The van der Waals surface area contributed by atoms with Crippen LogP contribution >= 0.6 is 0 Å². The van der Waals surface area contributed by atoms with Crippen LogP contribution in [0.2, 0.25) is 0 Å². The van der Waals surface area contributed by atoms with Crippen molar-refractivity contribution in [2.75, 3.05) is 5.32 Å². The molecule has 2 amide bonds. The van der Waals surface area contributed by atoms with Gasteiger partial charge >= 0.3 is 0 Å². The van der Waals surface area contributed by atoms with Crippen LogP contribution in [-0.2, 0) is 0 Å². The highest BCUT2D eigenvalue weighted by Gasteiger charge is 2.18. The maximum atomic E-state index is 12.9. The van der Waals surface area contributed by atoms with Crippen molar-refractivity contribution in [3.05, 3.63) is 108 Å². The molecule has 2 N–H and O–H groups in total. The summed E-state index contributed by atoms with van der Waals surface area (Å²) in [6.45, 7) is 1.91. The van der Waals surface area contributed by atoms with Crippen molar-refractivity contribution in [3.63, 3.8) is 0 Å². The van der Waals surface area contributed by atoms with Gasteiger partial charge in [-0.15, -0.1) is 5.10 Å². The molecule has 31 heavy (non-hydrogen) atoms. The van der Waals surface area contributed by atoms with Crippen molar-refractivity contribution in [2.24, 2.45) is 0 Å². The molecule has 1 aromatic heterocycles. The molecule has 0 aliphatic rings. The van der Waals surface area contributed by atoms with Gasteiger partial charge in [-0.05, 0) is 36.8 Å². The van der Waals surface area contributed by atoms with Crippen molar-refractivity contribution >= 4 is 17.5 Å². The first-order chi connectivity index (χ1) is 15.1. The molecule has 0 aliphatic carbocycles. The Morgan fingerprint density at radius 3 is 2.23 bits per heavy atom. The normalized spacial score (nSPS) is 11.5. The third-order valence-electron chi connectivity index (χ3n) is 4.81. The zero-order chi connectivity index (χ0) is 21.6. The highest BCUT2D eigenvalue weighted by Crippen LogP contribution is 2.19. The van der Waals surface area contributed by atoms with E-state index in [9.17, 15) is 9.59 Å². The predicted octanol–water partition coefficient (Wildman–Crippen LogP) is 4.01. The fourth-order valence-corrected chi connectivity index (χ4v) is 3.15. The number of anilines is 1. The Morgan fingerprint density at radius 2 is 1.48 bits per heavy atom. The number of benzene rings is 3. The van der Waals surface area contributed by atoms with E-state index in [0.717, 1.165) is 11.3 Å². The second-order valence-electron chi connectivity index (χ2n) is 6.99. The first kappa shape index (κ1) is 20.0. The third kappa shape index (κ3) is 4.67. The van der Waals surface area contributed by atoms with E-state index >= 15 is 0 Å². The topological polar surface area (TPSA) is 88.9 Å². The molecule has 154 valence electrons. The molecule has 1 atom stereocenters. The molecular weight excluding hydrogens is 390 g/mol. The average Bonchev–Trinajstić information content (AvgIpc) is 3.31. The fourth-order valence-electron chi connectivity index (χ4n) is 3.15. The Bertz CT molecular complexity index is 1190. The molecule has 0 fully saturated rings. The van der Waals surface area contributed by atoms with Gasteiger partial charge < -0.3 is 10.6 Å². The number of rotatable bonds is 6. The zero-order valence-corrected chi connectivity index (χ0v) is 16.9. The van der Waals surface area contributed by atoms with Crippen molar-refractivity contribution in [3.8, 4) is 5.69 Å². The van der Waals surface area contributed by atoms with Gasteiger partial charge in [-0.25, -0.2) is 4.68 Å². The number of carbonyl (C=O) groups is 2. The standard InChI is InChI=1S/C24H21N5O2/c1-17(18-10-4-2-5-11-18)25-23(30)20-14-8-9-15-21(20)26-24(31)22-16-29(28-27-22)19-12-6-3-7-13-19/h2-17H,1H3,(H,25,30)(H,26,31). The molecule has 0 aliphatic heterocycles. The summed E-state index contributed by atoms with van der Waals surface area (Å²) in [6, 6.07) is 25.8. The average molecular weight is 411 g/mol. The maximum Gasteiger partial charge on any atom is 0.277 e. The lowest BCUT2D eigenvalue weighted by atomic mass is 10.1. The number of carbonyl (C=O) groups excluding carboxylic acids is 2. The van der Waals surface area contributed by atoms with E-state index in [-0.39, 0.29) is 17.6 Å². The lowest BCUT2D eigenvalue weighted by Crippen LogP contribution is -2.28. The fraction of sp³-hybridized carbons (Fsp3) is 0.0833. The molecule has 0 saturated carbocycles. The van der Waals surface area contributed by atoms with E-state index in [1.54, 1.807) is 30.5 Å². The minimum atomic E-state index is -0.446. The summed E-state index contributed by atoms with van der Waals surface area (Å²) >= 11 is 0. The molecule has 0 spiro atoms. The van der Waals surface area contributed by atoms with Crippen LogP contribution in [0.15, 0.2) is 91.1 Å². The van der Waals surface area contributed by atoms with E-state index in [4.69, 9.17) is 0 Å². The first-order valence-electron chi connectivity index (χ1n) is 9.86. The molecule has 0 bridgehead atoms. The second-order valence-corrected chi connectivity index (χ2v) is 6.99. The molecule has 1 heterocycles. The molecule has 0 radical (unpaired) electrons. The van der Waals surface area contributed by atoms with Gasteiger partial charge in [0.05, 0.1) is 29.2 Å². The Hall–Kier alpha value is -4.26. The molecule has 0 saturated heterocycles. The number of aromatic nitrogens is 3. The van der Waals surface area contributed by atoms with Crippen LogP contribution in [0.4, 0.5) is 5.69 Å². The van der Waals surface area contributed by atoms with Gasteiger partial charge in [0.1, 0.15) is 0 Å². The van der Waals surface area contributed by atoms with Crippen molar-refractivity contribution < 1.29 is 9.59 Å². The third-order valence-corrected chi connectivity index (χ3v) is 4.81. The number of para-hydroxylation sites is 2. The molecule has 4 aromatic rings. The Labute approximate surface area is 179 Å². The zero-order valence-electron chi connectivity index (χ0n) is 16.9. The summed E-state index contributed by atoms with van der Waals surface area (Å²) in [5.41, 5.74) is 2.71. The number of amides is 2. The molecule has 7 nitrogen and oxygen atoms in total. The van der Waals surface area contributed by atoms with E-state index in [1.807, 2.05) is 67.6 Å². The Kier molecular flexibility index (Phi) is 5.84. The first-order valence-corrected chi connectivity index (χ1v) is 9.86. The van der Waals surface area contributed by atoms with Crippen LogP contribution in [0, 0.1) is 0 Å². The lowest BCUT2D eigenvalue weighted by molar-refractivity contribution is 0.0941. The summed E-state index contributed by atoms with van der Waals surface area (Å²) < 4.78 is 1.52. The van der Waals surface area contributed by atoms with Crippen LogP contribution in [-0.4, -0.2) is 26.8 Å². The quantitative estimate of drug-likeness (QED) is 0.502. The summed E-state index contributed by atoms with van der Waals surface area (Å²) in [5, 5.41) is 13.7. The van der Waals surface area contributed by atoms with Gasteiger partial charge in [-0.1, -0.05) is 65.9 Å². The van der Waals surface area contributed by atoms with E-state index in [1.165, 1.54) is 4.68 Å². The minimum Gasteiger partial charge on any atom is -0.345 e. The van der Waals surface area contributed by atoms with E-state index in [2.05, 4.69) is 20.9 Å². The number of nitrogens with one attached hydrogen (secondary N) is 2. The Morgan fingerprint density at radius 1 is 0.839 bits per heavy atom. The second kappa shape index (κ2) is 9.04. The van der Waals surface area contributed by atoms with E-state index < -0.39 is 5.91 Å². The number of hydrogen-bond acceptors (Lipinski definition) is 4. The molecule has 4 rings (SSSR count). The van der Waals surface area contributed by atoms with Gasteiger partial charge in [0, 0.05) is 0 Å². The van der Waals surface area contributed by atoms with Gasteiger partial charge in [-0.3, -0.25) is 9.59 Å². The Balaban J connectivity index is 1.49. The smallest absolute Gasteiger partial charge is 0.277 e. The summed E-state index contributed by atoms with van der Waals surface area (Å²) in [5.74, 6) is -0.723. The van der Waals surface area contributed by atoms with Crippen molar-refractivity contribution in [1.82, 2.24) is 20.3 Å². The summed E-state index contributed by atoms with van der Waals surface area (Å²) in [4.78, 5) is 25.6. The van der Waals surface area contributed by atoms with Crippen molar-refractivity contribution in [1.29, 1.82) is 0 Å². The predicted molar refractivity (Wildman–Crippen MR) is 118 cm³/mol. The van der Waals surface area contributed by atoms with Crippen LogP contribution in [0.1, 0.15) is 39.4 Å². The van der Waals surface area contributed by atoms with Crippen LogP contribution in [0.3, 0.4) is 0 Å². The molecule has 7 heteroatoms. The van der Waals surface area contributed by atoms with Crippen LogP contribution < -0.4 is 10.6 Å². The number of hydrogen-bond donors (Lipinski definition) is 2. The molecule has 1 unspecified atom stereocenters. The van der Waals surface area contributed by atoms with Crippen molar-refractivity contribution in [2.45, 2.75) is 13.0 Å². The van der Waals surface area contributed by atoms with Crippen LogP contribution in [0.25, 0.3) is 5.69 Å². The molecular formula is C24H21N5O2. The molecule has 3 aromatic carbocycles. The summed E-state index contributed by atoms with van der Waals surface area (Å²) in [6.07, 6.45) is 1.55. The maximum absolute atomic E-state index is 12.9. The highest BCUT2D eigenvalue weighted by atomic mass is 16.2. The minimum absolute atomic E-state index is 0.150. The monoisotopic (exact) mass is 411 g/mol. The largest absolute Gasteiger partial charge is 0.345 e. The van der Waals surface area contributed by atoms with Gasteiger partial charge in [0.2, 0.25) is 0 Å². The highest BCUT2D eigenvalue weighted by molar-refractivity contribution is 6.08.